The van der Waals surface area contributed by atoms with E-state index in [9.17, 15) is 4.79 Å². The monoisotopic (exact) mass is 147 g/mol. The van der Waals surface area contributed by atoms with Gasteiger partial charge >= 0.3 is 6.09 Å². The fraction of sp³-hybridized carbons (Fsp3) is 0.833. The van der Waals surface area contributed by atoms with Gasteiger partial charge in [0.2, 0.25) is 0 Å². The molecule has 10 heavy (non-hydrogen) atoms. The summed E-state index contributed by atoms with van der Waals surface area (Å²) in [6.07, 6.45) is -0.00122. The smallest absolute Gasteiger partial charge is 0.408 e. The van der Waals surface area contributed by atoms with Crippen LogP contribution in [0.5, 0.6) is 0 Å². The molecule has 0 radical (unpaired) electrons. The highest BCUT2D eigenvalue weighted by molar-refractivity contribution is 5.66. The van der Waals surface area contributed by atoms with Crippen molar-refractivity contribution in [1.82, 2.24) is 5.32 Å². The number of rotatable bonds is 3. The van der Waals surface area contributed by atoms with Crippen LogP contribution in [-0.4, -0.2) is 24.5 Å². The first-order valence-corrected chi connectivity index (χ1v) is 3.23. The highest BCUT2D eigenvalue weighted by Gasteiger charge is 2.05. The minimum atomic E-state index is -0.780. The van der Waals surface area contributed by atoms with Crippen molar-refractivity contribution in [2.75, 3.05) is 7.11 Å². The van der Waals surface area contributed by atoms with Crippen LogP contribution in [0.4, 0.5) is 4.79 Å². The van der Waals surface area contributed by atoms with E-state index in [1.165, 1.54) is 7.11 Å². The molecule has 0 aromatic heterocycles. The zero-order chi connectivity index (χ0) is 7.98. The van der Waals surface area contributed by atoms with Crippen LogP contribution in [0.3, 0.4) is 0 Å². The standard InChI is InChI=1S/C6H13NO3/c1-3-4-5(8)7-6(9)10-2/h5,8H,3-4H2,1-2H3,(H,7,9). The number of methoxy groups -OCH3 is 1. The molecule has 2 N–H and O–H groups in total. The summed E-state index contributed by atoms with van der Waals surface area (Å²) >= 11 is 0. The van der Waals surface area contributed by atoms with Crippen LogP contribution in [0, 0.1) is 0 Å². The zero-order valence-corrected chi connectivity index (χ0v) is 6.26. The number of carbonyl (C=O) groups excluding carboxylic acids is 1. The van der Waals surface area contributed by atoms with Gasteiger partial charge in [0.05, 0.1) is 7.11 Å². The molecule has 0 aliphatic rings. The minimum Gasteiger partial charge on any atom is -0.453 e. The lowest BCUT2D eigenvalue weighted by atomic mass is 10.3. The SMILES string of the molecule is CCCC(O)NC(=O)OC. The molecule has 1 amide bonds. The Bertz CT molecular complexity index is 105. The maximum absolute atomic E-state index is 10.4. The minimum absolute atomic E-state index is 0.551. The molecule has 0 aromatic carbocycles. The molecule has 0 aliphatic carbocycles. The third kappa shape index (κ3) is 4.14. The molecule has 0 spiro atoms. The normalized spacial score (nSPS) is 12.3. The van der Waals surface area contributed by atoms with Gasteiger partial charge in [0.25, 0.3) is 0 Å². The average Bonchev–Trinajstić information content (AvgIpc) is 1.88. The summed E-state index contributed by atoms with van der Waals surface area (Å²) in [5.74, 6) is 0. The number of alkyl carbamates (subject to hydrolysis) is 1. The first-order valence-electron chi connectivity index (χ1n) is 3.23. The summed E-state index contributed by atoms with van der Waals surface area (Å²) in [7, 11) is 1.26. The van der Waals surface area contributed by atoms with Gasteiger partial charge in [-0.2, -0.15) is 0 Å². The van der Waals surface area contributed by atoms with Gasteiger partial charge in [0.1, 0.15) is 6.23 Å². The molecule has 0 rings (SSSR count). The second-order valence-corrected chi connectivity index (χ2v) is 1.94. The number of carbonyl (C=O) groups is 1. The summed E-state index contributed by atoms with van der Waals surface area (Å²) in [6.45, 7) is 1.92. The topological polar surface area (TPSA) is 58.6 Å². The van der Waals surface area contributed by atoms with Crippen LogP contribution in [0.2, 0.25) is 0 Å². The maximum atomic E-state index is 10.4. The molecule has 1 atom stereocenters. The molecule has 0 saturated carbocycles. The predicted molar refractivity (Wildman–Crippen MR) is 36.5 cm³/mol. The first kappa shape index (κ1) is 9.23. The molecular weight excluding hydrogens is 134 g/mol. The molecule has 4 heteroatoms. The van der Waals surface area contributed by atoms with Crippen molar-refractivity contribution in [3.63, 3.8) is 0 Å². The van der Waals surface area contributed by atoms with Gasteiger partial charge < -0.3 is 9.84 Å². The largest absolute Gasteiger partial charge is 0.453 e. The Kier molecular flexibility index (Phi) is 4.66. The van der Waals surface area contributed by atoms with Crippen LogP contribution < -0.4 is 5.32 Å². The van der Waals surface area contributed by atoms with Crippen molar-refractivity contribution in [2.45, 2.75) is 26.0 Å². The van der Waals surface area contributed by atoms with Crippen molar-refractivity contribution in [3.05, 3.63) is 0 Å². The Morgan fingerprint density at radius 1 is 1.80 bits per heavy atom. The fourth-order valence-electron chi connectivity index (χ4n) is 0.541. The summed E-state index contributed by atoms with van der Waals surface area (Å²) in [4.78, 5) is 10.4. The second kappa shape index (κ2) is 5.05. The highest BCUT2D eigenvalue weighted by Crippen LogP contribution is 1.91. The molecule has 60 valence electrons. The lowest BCUT2D eigenvalue weighted by molar-refractivity contribution is 0.105. The van der Waals surface area contributed by atoms with Crippen LogP contribution in [0.25, 0.3) is 0 Å². The Morgan fingerprint density at radius 2 is 2.40 bits per heavy atom. The van der Waals surface area contributed by atoms with Gasteiger partial charge in [0.15, 0.2) is 0 Å². The molecule has 0 fully saturated rings. The number of ether oxygens (including phenoxy) is 1. The van der Waals surface area contributed by atoms with Crippen LogP contribution in [0.15, 0.2) is 0 Å². The molecule has 1 unspecified atom stereocenters. The second-order valence-electron chi connectivity index (χ2n) is 1.94. The van der Waals surface area contributed by atoms with Crippen LogP contribution >= 0.6 is 0 Å². The summed E-state index contributed by atoms with van der Waals surface area (Å²) < 4.78 is 4.26. The van der Waals surface area contributed by atoms with E-state index >= 15 is 0 Å². The Balaban J connectivity index is 3.37. The summed E-state index contributed by atoms with van der Waals surface area (Å²) in [5.41, 5.74) is 0. The number of aliphatic hydroxyl groups excluding tert-OH is 1. The van der Waals surface area contributed by atoms with E-state index in [1.54, 1.807) is 0 Å². The predicted octanol–water partition coefficient (Wildman–Crippen LogP) is 0.461. The first-order chi connectivity index (χ1) is 4.70. The Morgan fingerprint density at radius 3 is 2.80 bits per heavy atom. The van der Waals surface area contributed by atoms with Gasteiger partial charge in [-0.15, -0.1) is 0 Å². The van der Waals surface area contributed by atoms with Gasteiger partial charge in [-0.1, -0.05) is 13.3 Å². The van der Waals surface area contributed by atoms with E-state index < -0.39 is 12.3 Å². The Labute approximate surface area is 60.2 Å². The quantitative estimate of drug-likeness (QED) is 0.570. The van der Waals surface area contributed by atoms with Gasteiger partial charge in [-0.3, -0.25) is 5.32 Å². The third-order valence-corrected chi connectivity index (χ3v) is 1.03. The van der Waals surface area contributed by atoms with E-state index in [0.29, 0.717) is 6.42 Å². The summed E-state index contributed by atoms with van der Waals surface area (Å²) in [5, 5.41) is 11.2. The number of nitrogens with one attached hydrogen (secondary N) is 1. The van der Waals surface area contributed by atoms with Gasteiger partial charge in [-0.25, -0.2) is 4.79 Å². The average molecular weight is 147 g/mol. The van der Waals surface area contributed by atoms with Crippen LogP contribution in [0.1, 0.15) is 19.8 Å². The maximum Gasteiger partial charge on any atom is 0.408 e. The van der Waals surface area contributed by atoms with Gasteiger partial charge in [-0.05, 0) is 6.42 Å². The summed E-state index contributed by atoms with van der Waals surface area (Å²) in [6, 6.07) is 0. The fourth-order valence-corrected chi connectivity index (χ4v) is 0.541. The van der Waals surface area contributed by atoms with Crippen molar-refractivity contribution < 1.29 is 14.6 Å². The number of amides is 1. The highest BCUT2D eigenvalue weighted by atomic mass is 16.5. The number of hydrogen-bond acceptors (Lipinski definition) is 3. The Hall–Kier alpha value is -0.770. The number of hydrogen-bond donors (Lipinski definition) is 2. The molecule has 0 aromatic rings. The van der Waals surface area contributed by atoms with Crippen molar-refractivity contribution in [2.24, 2.45) is 0 Å². The van der Waals surface area contributed by atoms with E-state index in [0.717, 1.165) is 6.42 Å². The van der Waals surface area contributed by atoms with Crippen molar-refractivity contribution in [1.29, 1.82) is 0 Å². The van der Waals surface area contributed by atoms with Crippen LogP contribution in [-0.2, 0) is 4.74 Å². The van der Waals surface area contributed by atoms with Crippen molar-refractivity contribution >= 4 is 6.09 Å². The lowest BCUT2D eigenvalue weighted by Crippen LogP contribution is -2.34. The van der Waals surface area contributed by atoms with Gasteiger partial charge in [0, 0.05) is 0 Å². The molecule has 0 heterocycles. The zero-order valence-electron chi connectivity index (χ0n) is 6.26. The van der Waals surface area contributed by atoms with E-state index in [4.69, 9.17) is 5.11 Å². The van der Waals surface area contributed by atoms with E-state index in [1.807, 2.05) is 6.92 Å². The molecule has 4 nitrogen and oxygen atoms in total. The molecule has 0 bridgehead atoms. The number of aliphatic hydroxyl groups is 1. The molecule has 0 saturated heterocycles. The molecular formula is C6H13NO3. The molecule has 0 aliphatic heterocycles. The third-order valence-electron chi connectivity index (χ3n) is 1.03. The van der Waals surface area contributed by atoms with Crippen molar-refractivity contribution in [3.8, 4) is 0 Å². The van der Waals surface area contributed by atoms with E-state index in [2.05, 4.69) is 10.1 Å². The lowest BCUT2D eigenvalue weighted by Gasteiger charge is -2.09. The van der Waals surface area contributed by atoms with E-state index in [-0.39, 0.29) is 0 Å².